The Morgan fingerprint density at radius 3 is 2.76 bits per heavy atom. The van der Waals surface area contributed by atoms with Gasteiger partial charge in [-0.2, -0.15) is 5.10 Å². The highest BCUT2D eigenvalue weighted by Gasteiger charge is 2.27. The van der Waals surface area contributed by atoms with E-state index in [0.717, 1.165) is 12.1 Å². The molecule has 3 rings (SSSR count). The number of nitrogens with one attached hydrogen (secondary N) is 1. The minimum atomic E-state index is -3.74. The summed E-state index contributed by atoms with van der Waals surface area (Å²) in [5.41, 5.74) is 0.705. The molecule has 29 heavy (non-hydrogen) atoms. The molecule has 1 aromatic heterocycles. The molecule has 1 aromatic carbocycles. The molecule has 0 amide bonds. The lowest BCUT2D eigenvalue weighted by Gasteiger charge is -2.18. The highest BCUT2D eigenvalue weighted by Crippen LogP contribution is 2.25. The summed E-state index contributed by atoms with van der Waals surface area (Å²) in [5.74, 6) is 1.03. The van der Waals surface area contributed by atoms with Gasteiger partial charge in [0, 0.05) is 25.6 Å². The van der Waals surface area contributed by atoms with Crippen LogP contribution in [0.2, 0.25) is 0 Å². The van der Waals surface area contributed by atoms with E-state index >= 15 is 0 Å². The first-order valence-corrected chi connectivity index (χ1v) is 11.2. The Hall–Kier alpha value is -2.17. The second-order valence-corrected chi connectivity index (χ2v) is 9.36. The minimum absolute atomic E-state index is 0.132. The third-order valence-corrected chi connectivity index (χ3v) is 6.65. The van der Waals surface area contributed by atoms with Crippen molar-refractivity contribution in [3.05, 3.63) is 40.1 Å². The summed E-state index contributed by atoms with van der Waals surface area (Å²) in [6.07, 6.45) is 1.65. The number of nitrogens with zero attached hydrogens (tertiary/aromatic N) is 4. The highest BCUT2D eigenvalue weighted by atomic mass is 32.2. The average Bonchev–Trinajstić information content (AvgIpc) is 2.83. The Kier molecular flexibility index (Phi) is 6.45. The number of aryl methyl sites for hydroxylation is 2. The first-order chi connectivity index (χ1) is 13.7. The molecule has 0 bridgehead atoms. The van der Waals surface area contributed by atoms with Gasteiger partial charge < -0.3 is 9.64 Å². The van der Waals surface area contributed by atoms with Crippen molar-refractivity contribution in [3.8, 4) is 5.75 Å². The molecule has 0 saturated carbocycles. The molecule has 2 heterocycles. The number of sulfonamides is 1. The summed E-state index contributed by atoms with van der Waals surface area (Å²) in [6, 6.07) is 4.79. The smallest absolute Gasteiger partial charge is 0.345 e. The molecule has 160 valence electrons. The van der Waals surface area contributed by atoms with Gasteiger partial charge in [-0.25, -0.2) is 22.6 Å². The van der Waals surface area contributed by atoms with Crippen LogP contribution in [0.15, 0.2) is 27.9 Å². The summed E-state index contributed by atoms with van der Waals surface area (Å²) in [6.45, 7) is 3.55. The number of methoxy groups -OCH3 is 1. The molecule has 0 fully saturated rings. The quantitative estimate of drug-likeness (QED) is 0.701. The second kappa shape index (κ2) is 8.68. The summed E-state index contributed by atoms with van der Waals surface area (Å²) in [4.78, 5) is 14.7. The van der Waals surface area contributed by atoms with Crippen LogP contribution in [0.1, 0.15) is 24.2 Å². The summed E-state index contributed by atoms with van der Waals surface area (Å²) < 4.78 is 37.1. The van der Waals surface area contributed by atoms with Crippen molar-refractivity contribution in [1.82, 2.24) is 24.0 Å². The van der Waals surface area contributed by atoms with Gasteiger partial charge >= 0.3 is 5.69 Å². The maximum Gasteiger partial charge on any atom is 0.345 e. The van der Waals surface area contributed by atoms with Gasteiger partial charge in [0.2, 0.25) is 10.0 Å². The minimum Gasteiger partial charge on any atom is -0.495 e. The van der Waals surface area contributed by atoms with Crippen molar-refractivity contribution in [2.24, 2.45) is 0 Å². The van der Waals surface area contributed by atoms with E-state index in [9.17, 15) is 13.2 Å². The van der Waals surface area contributed by atoms with Gasteiger partial charge in [0.25, 0.3) is 0 Å². The van der Waals surface area contributed by atoms with E-state index in [1.54, 1.807) is 16.7 Å². The molecular weight excluding hydrogens is 394 g/mol. The molecule has 0 radical (unpaired) electrons. The Balaban J connectivity index is 1.73. The molecule has 1 N–H and O–H groups in total. The van der Waals surface area contributed by atoms with Gasteiger partial charge in [-0.1, -0.05) is 6.07 Å². The average molecular weight is 424 g/mol. The topological polar surface area (TPSA) is 98.5 Å². The number of hydrogen-bond acceptors (Lipinski definition) is 6. The predicted octanol–water partition coefficient (Wildman–Crippen LogP) is 0.607. The molecule has 1 aliphatic heterocycles. The molecule has 0 aliphatic carbocycles. The molecule has 9 nitrogen and oxygen atoms in total. The van der Waals surface area contributed by atoms with E-state index < -0.39 is 10.0 Å². The van der Waals surface area contributed by atoms with Gasteiger partial charge in [0.1, 0.15) is 16.5 Å². The van der Waals surface area contributed by atoms with Gasteiger partial charge in [0.05, 0.1) is 13.7 Å². The summed E-state index contributed by atoms with van der Waals surface area (Å²) >= 11 is 0. The maximum atomic E-state index is 12.9. The van der Waals surface area contributed by atoms with E-state index in [1.165, 1.54) is 11.8 Å². The summed E-state index contributed by atoms with van der Waals surface area (Å²) in [5, 5.41) is 4.45. The molecule has 1 aliphatic rings. The predicted molar refractivity (Wildman–Crippen MR) is 110 cm³/mol. The lowest BCUT2D eigenvalue weighted by Crippen LogP contribution is -2.36. The van der Waals surface area contributed by atoms with Crippen LogP contribution in [0.25, 0.3) is 0 Å². The molecule has 0 saturated heterocycles. The fraction of sp³-hybridized carbons (Fsp3) is 0.579. The fourth-order valence-corrected chi connectivity index (χ4v) is 5.02. The molecular formula is C19H29N5O4S. The monoisotopic (exact) mass is 423 g/mol. The van der Waals surface area contributed by atoms with Crippen LogP contribution in [0, 0.1) is 6.92 Å². The van der Waals surface area contributed by atoms with E-state index in [2.05, 4.69) is 9.82 Å². The Morgan fingerprint density at radius 1 is 1.31 bits per heavy atom. The SMILES string of the molecule is COc1ccc(C)cc1S(=O)(=O)NC1CCc2nn(CCN(C)C)c(=O)n2CC1. The van der Waals surface area contributed by atoms with Crippen LogP contribution in [-0.2, 0) is 29.5 Å². The largest absolute Gasteiger partial charge is 0.495 e. The first kappa shape index (κ1) is 21.5. The van der Waals surface area contributed by atoms with Crippen LogP contribution >= 0.6 is 0 Å². The first-order valence-electron chi connectivity index (χ1n) is 9.69. The van der Waals surface area contributed by atoms with Crippen LogP contribution in [0.3, 0.4) is 0 Å². The van der Waals surface area contributed by atoms with Gasteiger partial charge in [-0.15, -0.1) is 0 Å². The van der Waals surface area contributed by atoms with Crippen molar-refractivity contribution in [1.29, 1.82) is 0 Å². The zero-order chi connectivity index (χ0) is 21.2. The molecule has 10 heteroatoms. The fourth-order valence-electron chi connectivity index (χ4n) is 3.46. The van der Waals surface area contributed by atoms with Crippen LogP contribution in [0.4, 0.5) is 0 Å². The van der Waals surface area contributed by atoms with Crippen molar-refractivity contribution in [2.45, 2.75) is 50.2 Å². The number of fused-ring (bicyclic) bond motifs is 1. The van der Waals surface area contributed by atoms with Gasteiger partial charge in [-0.3, -0.25) is 4.57 Å². The number of hydrogen-bond donors (Lipinski definition) is 1. The van der Waals surface area contributed by atoms with E-state index in [4.69, 9.17) is 4.74 Å². The molecule has 0 spiro atoms. The molecule has 1 atom stereocenters. The number of ether oxygens (including phenoxy) is 1. The number of rotatable bonds is 7. The standard InChI is InChI=1S/C19H29N5O4S/c1-14-5-7-16(28-4)17(13-14)29(26,27)21-15-6-8-18-20-24(12-11-22(2)3)19(25)23(18)10-9-15/h5,7,13,15,21H,6,8-12H2,1-4H3. The van der Waals surface area contributed by atoms with Gasteiger partial charge in [0.15, 0.2) is 0 Å². The summed E-state index contributed by atoms with van der Waals surface area (Å²) in [7, 11) is 1.61. The highest BCUT2D eigenvalue weighted by molar-refractivity contribution is 7.89. The number of likely N-dealkylation sites (N-methyl/N-ethyl adjacent to an activating group) is 1. The molecule has 2 aromatic rings. The number of benzene rings is 1. The normalized spacial score (nSPS) is 17.2. The van der Waals surface area contributed by atoms with Crippen LogP contribution in [-0.4, -0.2) is 61.5 Å². The van der Waals surface area contributed by atoms with E-state index in [0.29, 0.717) is 43.9 Å². The van der Waals surface area contributed by atoms with Crippen molar-refractivity contribution in [2.75, 3.05) is 27.7 Å². The Morgan fingerprint density at radius 2 is 2.07 bits per heavy atom. The van der Waals surface area contributed by atoms with Crippen molar-refractivity contribution in [3.63, 3.8) is 0 Å². The molecule has 1 unspecified atom stereocenters. The zero-order valence-corrected chi connectivity index (χ0v) is 18.2. The third kappa shape index (κ3) is 4.88. The van der Waals surface area contributed by atoms with Gasteiger partial charge in [-0.05, 0) is 51.6 Å². The van der Waals surface area contributed by atoms with Crippen molar-refractivity contribution >= 4 is 10.0 Å². The second-order valence-electron chi connectivity index (χ2n) is 7.68. The van der Waals surface area contributed by atoms with Crippen LogP contribution < -0.4 is 15.1 Å². The van der Waals surface area contributed by atoms with E-state index in [1.807, 2.05) is 32.0 Å². The lowest BCUT2D eigenvalue weighted by atomic mass is 10.1. The Labute approximate surface area is 171 Å². The number of aromatic nitrogens is 3. The lowest BCUT2D eigenvalue weighted by molar-refractivity contribution is 0.367. The maximum absolute atomic E-state index is 12.9. The van der Waals surface area contributed by atoms with E-state index in [-0.39, 0.29) is 16.6 Å². The Bertz CT molecular complexity index is 1030. The van der Waals surface area contributed by atoms with Crippen LogP contribution in [0.5, 0.6) is 5.75 Å². The third-order valence-electron chi connectivity index (χ3n) is 5.11. The van der Waals surface area contributed by atoms with Crippen molar-refractivity contribution < 1.29 is 13.2 Å². The zero-order valence-electron chi connectivity index (χ0n) is 17.4.